The van der Waals surface area contributed by atoms with Gasteiger partial charge in [0.2, 0.25) is 0 Å². The molecule has 0 heterocycles. The second kappa shape index (κ2) is 5.57. The molecule has 92 valence electrons. The average Bonchev–Trinajstić information content (AvgIpc) is 2.27. The molecule has 0 unspecified atom stereocenters. The monoisotopic (exact) mass is 240 g/mol. The van der Waals surface area contributed by atoms with Gasteiger partial charge >= 0.3 is 5.97 Å². The maximum atomic E-state index is 13.3. The van der Waals surface area contributed by atoms with Gasteiger partial charge in [-0.05, 0) is 17.7 Å². The van der Waals surface area contributed by atoms with Crippen LogP contribution in [0.1, 0.15) is 22.3 Å². The molecular formula is C13H14F2O2. The molecule has 0 N–H and O–H groups in total. The van der Waals surface area contributed by atoms with Gasteiger partial charge in [-0.3, -0.25) is 0 Å². The Morgan fingerprint density at radius 3 is 2.82 bits per heavy atom. The van der Waals surface area contributed by atoms with E-state index in [2.05, 4.69) is 11.3 Å². The first kappa shape index (κ1) is 13.4. The zero-order valence-electron chi connectivity index (χ0n) is 9.58. The molecule has 0 aliphatic rings. The molecule has 0 fully saturated rings. The summed E-state index contributed by atoms with van der Waals surface area (Å²) in [6, 6.07) is 6.07. The lowest BCUT2D eigenvalue weighted by atomic mass is 10.0. The van der Waals surface area contributed by atoms with Crippen LogP contribution in [0.25, 0.3) is 0 Å². The second-order valence-corrected chi connectivity index (χ2v) is 3.72. The normalized spacial score (nSPS) is 11.0. The van der Waals surface area contributed by atoms with Crippen LogP contribution in [0.4, 0.5) is 8.78 Å². The van der Waals surface area contributed by atoms with Crippen molar-refractivity contribution in [3.8, 4) is 0 Å². The lowest BCUT2D eigenvalue weighted by molar-refractivity contribution is 0.00492. The minimum absolute atomic E-state index is 0.277. The van der Waals surface area contributed by atoms with E-state index in [-0.39, 0.29) is 12.0 Å². The van der Waals surface area contributed by atoms with Gasteiger partial charge in [-0.15, -0.1) is 6.58 Å². The van der Waals surface area contributed by atoms with E-state index in [1.165, 1.54) is 25.3 Å². The number of carbonyl (C=O) groups is 1. The van der Waals surface area contributed by atoms with E-state index in [0.717, 1.165) is 0 Å². The highest BCUT2D eigenvalue weighted by Crippen LogP contribution is 2.24. The first-order valence-electron chi connectivity index (χ1n) is 5.14. The van der Waals surface area contributed by atoms with E-state index in [9.17, 15) is 13.6 Å². The molecule has 17 heavy (non-hydrogen) atoms. The summed E-state index contributed by atoms with van der Waals surface area (Å²) in [5.74, 6) is -3.37. The van der Waals surface area contributed by atoms with Crippen molar-refractivity contribution in [1.82, 2.24) is 0 Å². The minimum Gasteiger partial charge on any atom is -0.465 e. The van der Waals surface area contributed by atoms with Crippen LogP contribution in [0.15, 0.2) is 36.9 Å². The van der Waals surface area contributed by atoms with Crippen molar-refractivity contribution < 1.29 is 18.3 Å². The number of alkyl halides is 2. The van der Waals surface area contributed by atoms with Gasteiger partial charge in [0.15, 0.2) is 0 Å². The Morgan fingerprint density at radius 1 is 1.53 bits per heavy atom. The maximum Gasteiger partial charge on any atom is 0.337 e. The number of esters is 1. The number of allylic oxidation sites excluding steroid dienone is 1. The van der Waals surface area contributed by atoms with Crippen LogP contribution < -0.4 is 0 Å². The summed E-state index contributed by atoms with van der Waals surface area (Å²) < 4.78 is 31.2. The number of rotatable bonds is 5. The number of carbonyl (C=O) groups excluding carboxylic acids is 1. The lowest BCUT2D eigenvalue weighted by Crippen LogP contribution is -2.18. The van der Waals surface area contributed by atoms with Crippen molar-refractivity contribution in [2.75, 3.05) is 7.11 Å². The van der Waals surface area contributed by atoms with Gasteiger partial charge in [0.1, 0.15) is 0 Å². The zero-order chi connectivity index (χ0) is 12.9. The molecule has 0 radical (unpaired) electrons. The van der Waals surface area contributed by atoms with Crippen LogP contribution in [0, 0.1) is 0 Å². The first-order chi connectivity index (χ1) is 7.98. The van der Waals surface area contributed by atoms with Crippen molar-refractivity contribution in [2.24, 2.45) is 0 Å². The van der Waals surface area contributed by atoms with Gasteiger partial charge in [-0.25, -0.2) is 13.6 Å². The molecule has 1 aromatic rings. The molecule has 1 aromatic carbocycles. The molecule has 0 spiro atoms. The van der Waals surface area contributed by atoms with Crippen LogP contribution in [-0.4, -0.2) is 19.0 Å². The van der Waals surface area contributed by atoms with E-state index in [4.69, 9.17) is 0 Å². The molecule has 1 rings (SSSR count). The Balaban J connectivity index is 2.85. The smallest absolute Gasteiger partial charge is 0.337 e. The number of halogens is 2. The molecule has 0 atom stereocenters. The van der Waals surface area contributed by atoms with E-state index in [1.807, 2.05) is 0 Å². The Kier molecular flexibility index (Phi) is 4.37. The third kappa shape index (κ3) is 3.98. The average molecular weight is 240 g/mol. The van der Waals surface area contributed by atoms with Gasteiger partial charge < -0.3 is 4.74 Å². The summed E-state index contributed by atoms with van der Waals surface area (Å²) in [6.45, 7) is 3.29. The Hall–Kier alpha value is -1.71. The van der Waals surface area contributed by atoms with Gasteiger partial charge in [-0.1, -0.05) is 18.2 Å². The number of ether oxygens (including phenoxy) is 1. The molecule has 0 aliphatic heterocycles. The summed E-state index contributed by atoms with van der Waals surface area (Å²) in [6.07, 6.45) is 0.392. The minimum atomic E-state index is -2.84. The van der Waals surface area contributed by atoms with E-state index < -0.39 is 18.3 Å². The van der Waals surface area contributed by atoms with Crippen molar-refractivity contribution >= 4 is 5.97 Å². The number of hydrogen-bond acceptors (Lipinski definition) is 2. The number of hydrogen-bond donors (Lipinski definition) is 0. The van der Waals surface area contributed by atoms with Gasteiger partial charge in [0.05, 0.1) is 12.7 Å². The molecule has 0 amide bonds. The molecular weight excluding hydrogens is 226 g/mol. The maximum absolute atomic E-state index is 13.3. The lowest BCUT2D eigenvalue weighted by Gasteiger charge is -2.14. The highest BCUT2D eigenvalue weighted by atomic mass is 19.3. The Bertz CT molecular complexity index is 414. The van der Waals surface area contributed by atoms with Crippen LogP contribution in [0.5, 0.6) is 0 Å². The fourth-order valence-electron chi connectivity index (χ4n) is 1.51. The molecule has 0 bridgehead atoms. The Morgan fingerprint density at radius 2 is 2.24 bits per heavy atom. The first-order valence-corrected chi connectivity index (χ1v) is 5.14. The van der Waals surface area contributed by atoms with Crippen LogP contribution in [-0.2, 0) is 11.2 Å². The predicted octanol–water partition coefficient (Wildman–Crippen LogP) is 3.23. The van der Waals surface area contributed by atoms with E-state index in [0.29, 0.717) is 5.56 Å². The molecule has 0 saturated carbocycles. The van der Waals surface area contributed by atoms with Gasteiger partial charge in [0, 0.05) is 12.8 Å². The van der Waals surface area contributed by atoms with Crippen molar-refractivity contribution in [3.05, 3.63) is 48.0 Å². The van der Waals surface area contributed by atoms with Gasteiger partial charge in [-0.2, -0.15) is 0 Å². The summed E-state index contributed by atoms with van der Waals surface area (Å²) in [7, 11) is 1.25. The number of benzene rings is 1. The van der Waals surface area contributed by atoms with Crippen molar-refractivity contribution in [2.45, 2.75) is 18.8 Å². The third-order valence-electron chi connectivity index (χ3n) is 2.25. The highest BCUT2D eigenvalue weighted by molar-refractivity contribution is 5.89. The molecule has 2 nitrogen and oxygen atoms in total. The van der Waals surface area contributed by atoms with E-state index in [1.54, 1.807) is 12.1 Å². The van der Waals surface area contributed by atoms with Crippen molar-refractivity contribution in [3.63, 3.8) is 0 Å². The fourth-order valence-corrected chi connectivity index (χ4v) is 1.51. The molecule has 0 saturated heterocycles. The summed E-state index contributed by atoms with van der Waals surface area (Å²) in [5.41, 5.74) is 0.680. The molecule has 0 aromatic heterocycles. The van der Waals surface area contributed by atoms with Gasteiger partial charge in [0.25, 0.3) is 5.92 Å². The van der Waals surface area contributed by atoms with Crippen LogP contribution in [0.3, 0.4) is 0 Å². The molecule has 0 aliphatic carbocycles. The summed E-state index contributed by atoms with van der Waals surface area (Å²) in [4.78, 5) is 11.2. The Labute approximate surface area is 98.9 Å². The zero-order valence-corrected chi connectivity index (χ0v) is 9.58. The number of methoxy groups -OCH3 is 1. The third-order valence-corrected chi connectivity index (χ3v) is 2.25. The van der Waals surface area contributed by atoms with Crippen LogP contribution >= 0.6 is 0 Å². The largest absolute Gasteiger partial charge is 0.465 e. The highest BCUT2D eigenvalue weighted by Gasteiger charge is 2.27. The second-order valence-electron chi connectivity index (χ2n) is 3.72. The summed E-state index contributed by atoms with van der Waals surface area (Å²) in [5, 5.41) is 0. The molecule has 4 heteroatoms. The predicted molar refractivity (Wildman–Crippen MR) is 61.2 cm³/mol. The topological polar surface area (TPSA) is 26.3 Å². The quantitative estimate of drug-likeness (QED) is 0.583. The van der Waals surface area contributed by atoms with Crippen LogP contribution in [0.2, 0.25) is 0 Å². The van der Waals surface area contributed by atoms with Crippen molar-refractivity contribution in [1.29, 1.82) is 0 Å². The SMILES string of the molecule is C=CCC(F)(F)Cc1cccc(C(=O)OC)c1. The summed E-state index contributed by atoms with van der Waals surface area (Å²) >= 11 is 0. The fraction of sp³-hybridized carbons (Fsp3) is 0.308. The van der Waals surface area contributed by atoms with E-state index >= 15 is 0 Å². The standard InChI is InChI=1S/C13H14F2O2/c1-3-7-13(14,15)9-10-5-4-6-11(8-10)12(16)17-2/h3-6,8H,1,7,9H2,2H3.